The predicted octanol–water partition coefficient (Wildman–Crippen LogP) is 2.05. The first-order chi connectivity index (χ1) is 13.0. The van der Waals surface area contributed by atoms with Crippen LogP contribution in [0.5, 0.6) is 0 Å². The molecule has 1 aliphatic heterocycles. The maximum atomic E-state index is 12.6. The molecule has 2 N–H and O–H groups in total. The molecule has 146 valence electrons. The van der Waals surface area contributed by atoms with Gasteiger partial charge in [-0.05, 0) is 39.5 Å². The molecule has 0 bridgehead atoms. The van der Waals surface area contributed by atoms with Crippen LogP contribution >= 0.6 is 0 Å². The van der Waals surface area contributed by atoms with E-state index >= 15 is 0 Å². The van der Waals surface area contributed by atoms with Crippen molar-refractivity contribution in [3.8, 4) is 0 Å². The Hall–Kier alpha value is -2.64. The number of aromatic nitrogens is 4. The fourth-order valence-corrected chi connectivity index (χ4v) is 3.54. The zero-order chi connectivity index (χ0) is 19.4. The summed E-state index contributed by atoms with van der Waals surface area (Å²) in [6.07, 6.45) is 4.42. The number of hydrogen-bond acceptors (Lipinski definition) is 4. The second-order valence-corrected chi connectivity index (χ2v) is 7.22. The van der Waals surface area contributed by atoms with Gasteiger partial charge in [-0.25, -0.2) is 0 Å². The maximum Gasteiger partial charge on any atom is 0.227 e. The molecule has 2 aromatic heterocycles. The highest BCUT2D eigenvalue weighted by Crippen LogP contribution is 2.22. The summed E-state index contributed by atoms with van der Waals surface area (Å²) < 4.78 is 1.78. The van der Waals surface area contributed by atoms with E-state index in [0.717, 1.165) is 36.3 Å². The molecule has 0 aromatic carbocycles. The molecule has 0 spiro atoms. The third-order valence-electron chi connectivity index (χ3n) is 5.28. The van der Waals surface area contributed by atoms with Gasteiger partial charge in [-0.15, -0.1) is 0 Å². The molecule has 27 heavy (non-hydrogen) atoms. The Bertz CT molecular complexity index is 781. The quantitative estimate of drug-likeness (QED) is 0.811. The van der Waals surface area contributed by atoms with Crippen molar-refractivity contribution in [1.29, 1.82) is 0 Å². The Morgan fingerprint density at radius 2 is 2.04 bits per heavy atom. The average Bonchev–Trinajstić information content (AvgIpc) is 3.23. The van der Waals surface area contributed by atoms with Crippen LogP contribution in [-0.2, 0) is 22.6 Å². The van der Waals surface area contributed by atoms with E-state index in [4.69, 9.17) is 0 Å². The number of carbonyl (C=O) groups excluding carboxylic acids is 2. The molecule has 1 aliphatic rings. The first-order valence-corrected chi connectivity index (χ1v) is 9.57. The Kier molecular flexibility index (Phi) is 5.93. The van der Waals surface area contributed by atoms with Crippen LogP contribution in [0.2, 0.25) is 0 Å². The molecule has 2 amide bonds. The number of likely N-dealkylation sites (tertiary alicyclic amines) is 1. The lowest BCUT2D eigenvalue weighted by Crippen LogP contribution is -2.40. The molecule has 0 saturated carbocycles. The van der Waals surface area contributed by atoms with E-state index in [1.54, 1.807) is 4.68 Å². The lowest BCUT2D eigenvalue weighted by molar-refractivity contribution is -0.131. The number of anilines is 1. The highest BCUT2D eigenvalue weighted by molar-refractivity contribution is 5.89. The fraction of sp³-hybridized carbons (Fsp3) is 0.579. The first-order valence-electron chi connectivity index (χ1n) is 9.57. The van der Waals surface area contributed by atoms with Crippen molar-refractivity contribution in [2.75, 3.05) is 18.4 Å². The topological polar surface area (TPSA) is 95.9 Å². The highest BCUT2D eigenvalue weighted by Gasteiger charge is 2.25. The van der Waals surface area contributed by atoms with Gasteiger partial charge >= 0.3 is 0 Å². The number of aromatic amines is 1. The van der Waals surface area contributed by atoms with Crippen LogP contribution in [0.4, 0.5) is 5.82 Å². The standard InChI is InChI=1S/C19H28N6O2/c1-4-25-10-7-17(23-25)20-18(26)11-15-5-8-24(9-6-15)19(27)12-16-13(2)21-22-14(16)3/h7,10,15H,4-6,8-9,11-12H2,1-3H3,(H,21,22)(H,20,23,26). The van der Waals surface area contributed by atoms with E-state index < -0.39 is 0 Å². The Balaban J connectivity index is 1.44. The summed E-state index contributed by atoms with van der Waals surface area (Å²) in [5.74, 6) is 1.03. The van der Waals surface area contributed by atoms with Gasteiger partial charge in [-0.2, -0.15) is 10.2 Å². The number of amides is 2. The average molecular weight is 372 g/mol. The number of aryl methyl sites for hydroxylation is 3. The van der Waals surface area contributed by atoms with Crippen LogP contribution in [0.25, 0.3) is 0 Å². The lowest BCUT2D eigenvalue weighted by atomic mass is 9.93. The van der Waals surface area contributed by atoms with Crippen LogP contribution in [0.15, 0.2) is 12.3 Å². The number of nitrogens with one attached hydrogen (secondary N) is 2. The fourth-order valence-electron chi connectivity index (χ4n) is 3.54. The van der Waals surface area contributed by atoms with Crippen LogP contribution < -0.4 is 5.32 Å². The van der Waals surface area contributed by atoms with Crippen LogP contribution in [0.3, 0.4) is 0 Å². The molecule has 0 aliphatic carbocycles. The number of nitrogens with zero attached hydrogens (tertiary/aromatic N) is 4. The van der Waals surface area contributed by atoms with Gasteiger partial charge in [-0.3, -0.25) is 19.4 Å². The van der Waals surface area contributed by atoms with Crippen LogP contribution in [-0.4, -0.2) is 49.8 Å². The minimum atomic E-state index is -0.00854. The third-order valence-corrected chi connectivity index (χ3v) is 5.28. The van der Waals surface area contributed by atoms with E-state index in [2.05, 4.69) is 20.6 Å². The smallest absolute Gasteiger partial charge is 0.227 e. The van der Waals surface area contributed by atoms with Gasteiger partial charge in [0.05, 0.1) is 12.1 Å². The number of piperidine rings is 1. The molecule has 0 atom stereocenters. The zero-order valence-corrected chi connectivity index (χ0v) is 16.3. The molecule has 1 fully saturated rings. The monoisotopic (exact) mass is 372 g/mol. The minimum absolute atomic E-state index is 0.00854. The van der Waals surface area contributed by atoms with E-state index in [1.165, 1.54) is 0 Å². The van der Waals surface area contributed by atoms with Crippen LogP contribution in [0.1, 0.15) is 43.1 Å². The number of rotatable bonds is 6. The Morgan fingerprint density at radius 1 is 1.30 bits per heavy atom. The molecular formula is C19H28N6O2. The molecule has 3 heterocycles. The summed E-state index contributed by atoms with van der Waals surface area (Å²) in [4.78, 5) is 26.7. The van der Waals surface area contributed by atoms with Gasteiger partial charge in [0.25, 0.3) is 0 Å². The molecule has 0 unspecified atom stereocenters. The normalized spacial score (nSPS) is 15.1. The second kappa shape index (κ2) is 8.37. The summed E-state index contributed by atoms with van der Waals surface area (Å²) in [5.41, 5.74) is 2.84. The predicted molar refractivity (Wildman–Crippen MR) is 102 cm³/mol. The van der Waals surface area contributed by atoms with Crippen LogP contribution in [0, 0.1) is 19.8 Å². The zero-order valence-electron chi connectivity index (χ0n) is 16.3. The third kappa shape index (κ3) is 4.75. The first kappa shape index (κ1) is 19.1. The summed E-state index contributed by atoms with van der Waals surface area (Å²) in [5, 5.41) is 14.2. The van der Waals surface area contributed by atoms with Crippen molar-refractivity contribution in [3.63, 3.8) is 0 Å². The van der Waals surface area contributed by atoms with Gasteiger partial charge < -0.3 is 10.2 Å². The van der Waals surface area contributed by atoms with Crippen molar-refractivity contribution in [3.05, 3.63) is 29.2 Å². The maximum absolute atomic E-state index is 12.6. The summed E-state index contributed by atoms with van der Waals surface area (Å²) in [6.45, 7) is 8.05. The van der Waals surface area contributed by atoms with E-state index in [1.807, 2.05) is 37.9 Å². The van der Waals surface area contributed by atoms with Gasteiger partial charge in [0.1, 0.15) is 0 Å². The van der Waals surface area contributed by atoms with E-state index in [-0.39, 0.29) is 11.8 Å². The lowest BCUT2D eigenvalue weighted by Gasteiger charge is -2.31. The van der Waals surface area contributed by atoms with Crippen molar-refractivity contribution in [2.45, 2.75) is 53.0 Å². The van der Waals surface area contributed by atoms with Gasteiger partial charge in [0, 0.05) is 49.6 Å². The van der Waals surface area contributed by atoms with Crippen molar-refractivity contribution in [1.82, 2.24) is 24.9 Å². The number of H-pyrrole nitrogens is 1. The number of carbonyl (C=O) groups is 2. The van der Waals surface area contributed by atoms with Crippen molar-refractivity contribution in [2.24, 2.45) is 5.92 Å². The van der Waals surface area contributed by atoms with Crippen molar-refractivity contribution < 1.29 is 9.59 Å². The molecule has 8 nitrogen and oxygen atoms in total. The highest BCUT2D eigenvalue weighted by atomic mass is 16.2. The minimum Gasteiger partial charge on any atom is -0.342 e. The summed E-state index contributed by atoms with van der Waals surface area (Å²) >= 11 is 0. The van der Waals surface area contributed by atoms with Gasteiger partial charge in [0.2, 0.25) is 11.8 Å². The Morgan fingerprint density at radius 3 is 2.63 bits per heavy atom. The summed E-state index contributed by atoms with van der Waals surface area (Å²) in [6, 6.07) is 1.81. The van der Waals surface area contributed by atoms with Crippen molar-refractivity contribution >= 4 is 17.6 Å². The molecule has 1 saturated heterocycles. The Labute approximate surface area is 159 Å². The molecule has 8 heteroatoms. The molecule has 0 radical (unpaired) electrons. The largest absolute Gasteiger partial charge is 0.342 e. The SMILES string of the molecule is CCn1ccc(NC(=O)CC2CCN(C(=O)Cc3c(C)n[nH]c3C)CC2)n1. The molecule has 3 rings (SSSR count). The molecule has 2 aromatic rings. The number of hydrogen-bond donors (Lipinski definition) is 2. The van der Waals surface area contributed by atoms with E-state index in [9.17, 15) is 9.59 Å². The van der Waals surface area contributed by atoms with E-state index in [0.29, 0.717) is 37.7 Å². The van der Waals surface area contributed by atoms with Gasteiger partial charge in [0.15, 0.2) is 5.82 Å². The van der Waals surface area contributed by atoms with Gasteiger partial charge in [-0.1, -0.05) is 0 Å². The summed E-state index contributed by atoms with van der Waals surface area (Å²) in [7, 11) is 0. The molecular weight excluding hydrogens is 344 g/mol. The second-order valence-electron chi connectivity index (χ2n) is 7.22.